The molecule has 3 nitrogen and oxygen atoms in total. The van der Waals surface area contributed by atoms with E-state index in [1.807, 2.05) is 0 Å². The Morgan fingerprint density at radius 2 is 2.29 bits per heavy atom. The van der Waals surface area contributed by atoms with Gasteiger partial charge in [0.1, 0.15) is 11.9 Å². The average molecular weight is 215 g/mol. The lowest BCUT2D eigenvalue weighted by Crippen LogP contribution is -2.28. The summed E-state index contributed by atoms with van der Waals surface area (Å²) in [6, 6.07) is 5.10. The third kappa shape index (κ3) is 1.71. The zero-order valence-electron chi connectivity index (χ0n) is 7.48. The van der Waals surface area contributed by atoms with Crippen molar-refractivity contribution in [2.75, 3.05) is 6.61 Å². The number of aliphatic hydroxyl groups excluding tert-OH is 2. The first-order chi connectivity index (χ1) is 6.70. The fourth-order valence-corrected chi connectivity index (χ4v) is 1.78. The molecule has 1 heterocycles. The van der Waals surface area contributed by atoms with Gasteiger partial charge in [0.2, 0.25) is 0 Å². The fourth-order valence-electron chi connectivity index (χ4n) is 1.60. The summed E-state index contributed by atoms with van der Waals surface area (Å²) in [5.41, 5.74) is 0.696. The van der Waals surface area contributed by atoms with E-state index in [4.69, 9.17) is 21.4 Å². The number of hydrogen-bond acceptors (Lipinski definition) is 3. The van der Waals surface area contributed by atoms with Crippen molar-refractivity contribution in [1.29, 1.82) is 0 Å². The maximum Gasteiger partial charge on any atom is 0.125 e. The van der Waals surface area contributed by atoms with Crippen LogP contribution in [0.3, 0.4) is 0 Å². The predicted octanol–water partition coefficient (Wildman–Crippen LogP) is 1.52. The third-order valence-electron chi connectivity index (χ3n) is 2.31. The van der Waals surface area contributed by atoms with Gasteiger partial charge in [-0.1, -0.05) is 11.6 Å². The van der Waals surface area contributed by atoms with Gasteiger partial charge in [-0.2, -0.15) is 0 Å². The minimum Gasteiger partial charge on any atom is -0.488 e. The van der Waals surface area contributed by atoms with Crippen molar-refractivity contribution in [2.45, 2.75) is 18.6 Å². The molecule has 0 aliphatic carbocycles. The van der Waals surface area contributed by atoms with E-state index in [1.54, 1.807) is 18.2 Å². The highest BCUT2D eigenvalue weighted by Gasteiger charge is 2.26. The summed E-state index contributed by atoms with van der Waals surface area (Å²) in [5.74, 6) is 0.604. The number of ether oxygens (including phenoxy) is 1. The summed E-state index contributed by atoms with van der Waals surface area (Å²) in [4.78, 5) is 0. The second kappa shape index (κ2) is 3.77. The van der Waals surface area contributed by atoms with E-state index < -0.39 is 6.10 Å². The second-order valence-electron chi connectivity index (χ2n) is 3.36. The van der Waals surface area contributed by atoms with Crippen molar-refractivity contribution in [3.63, 3.8) is 0 Å². The summed E-state index contributed by atoms with van der Waals surface area (Å²) in [5, 5.41) is 19.2. The average Bonchev–Trinajstić information content (AvgIpc) is 2.19. The van der Waals surface area contributed by atoms with E-state index in [0.29, 0.717) is 22.8 Å². The molecule has 4 heteroatoms. The lowest BCUT2D eigenvalue weighted by atomic mass is 9.99. The summed E-state index contributed by atoms with van der Waals surface area (Å²) in [6.45, 7) is -0.0842. The third-order valence-corrected chi connectivity index (χ3v) is 2.55. The number of halogens is 1. The lowest BCUT2D eigenvalue weighted by Gasteiger charge is -2.28. The zero-order valence-corrected chi connectivity index (χ0v) is 8.24. The van der Waals surface area contributed by atoms with Gasteiger partial charge < -0.3 is 14.9 Å². The van der Waals surface area contributed by atoms with Crippen LogP contribution in [0.5, 0.6) is 5.75 Å². The van der Waals surface area contributed by atoms with E-state index in [1.165, 1.54) is 0 Å². The molecule has 0 amide bonds. The van der Waals surface area contributed by atoms with Gasteiger partial charge in [0, 0.05) is 17.0 Å². The van der Waals surface area contributed by atoms with E-state index in [2.05, 4.69) is 0 Å². The molecule has 2 atom stereocenters. The largest absolute Gasteiger partial charge is 0.488 e. The van der Waals surface area contributed by atoms with Crippen molar-refractivity contribution in [3.05, 3.63) is 28.8 Å². The van der Waals surface area contributed by atoms with Gasteiger partial charge >= 0.3 is 0 Å². The number of benzene rings is 1. The molecule has 1 unspecified atom stereocenters. The second-order valence-corrected chi connectivity index (χ2v) is 3.79. The van der Waals surface area contributed by atoms with Crippen molar-refractivity contribution >= 4 is 11.6 Å². The van der Waals surface area contributed by atoms with E-state index >= 15 is 0 Å². The highest BCUT2D eigenvalue weighted by molar-refractivity contribution is 6.30. The minimum absolute atomic E-state index is 0.0842. The Kier molecular flexibility index (Phi) is 2.63. The molecular formula is C10H11ClO3. The minimum atomic E-state index is -0.602. The summed E-state index contributed by atoms with van der Waals surface area (Å²) in [6.07, 6.45) is -0.516. The Hall–Kier alpha value is -0.770. The molecule has 0 spiro atoms. The molecule has 2 rings (SSSR count). The monoisotopic (exact) mass is 214 g/mol. The number of rotatable bonds is 1. The molecule has 1 aliphatic rings. The first kappa shape index (κ1) is 9.77. The van der Waals surface area contributed by atoms with Crippen LogP contribution in [0.25, 0.3) is 0 Å². The first-order valence-corrected chi connectivity index (χ1v) is 4.83. The van der Waals surface area contributed by atoms with Crippen LogP contribution in [0.1, 0.15) is 18.1 Å². The number of aliphatic hydroxyl groups is 2. The smallest absolute Gasteiger partial charge is 0.125 e. The molecule has 1 aromatic rings. The Morgan fingerprint density at radius 3 is 3.00 bits per heavy atom. The van der Waals surface area contributed by atoms with Crippen molar-refractivity contribution < 1.29 is 14.9 Å². The molecule has 2 N–H and O–H groups in total. The van der Waals surface area contributed by atoms with E-state index in [9.17, 15) is 5.11 Å². The number of fused-ring (bicyclic) bond motifs is 1. The quantitative estimate of drug-likeness (QED) is 0.745. The van der Waals surface area contributed by atoms with Crippen LogP contribution in [-0.2, 0) is 0 Å². The van der Waals surface area contributed by atoms with Crippen molar-refractivity contribution in [3.8, 4) is 5.75 Å². The molecular weight excluding hydrogens is 204 g/mol. The molecule has 76 valence electrons. The molecule has 0 saturated heterocycles. The molecule has 0 bridgehead atoms. The lowest BCUT2D eigenvalue weighted by molar-refractivity contribution is 0.0333. The van der Waals surface area contributed by atoms with Crippen LogP contribution in [0.2, 0.25) is 5.02 Å². The Labute approximate surface area is 86.9 Å². The van der Waals surface area contributed by atoms with Gasteiger partial charge in [0.15, 0.2) is 0 Å². The Balaban J connectivity index is 2.35. The highest BCUT2D eigenvalue weighted by Crippen LogP contribution is 2.36. The fraction of sp³-hybridized carbons (Fsp3) is 0.400. The van der Waals surface area contributed by atoms with Gasteiger partial charge in [-0.05, 0) is 18.2 Å². The molecule has 1 aromatic carbocycles. The van der Waals surface area contributed by atoms with Crippen LogP contribution < -0.4 is 4.74 Å². The standard InChI is InChI=1S/C10H11ClO3/c11-6-1-2-10-8(3-6)9(13)4-7(5-12)14-10/h1-3,7,9,12-13H,4-5H2/t7?,9-/m0/s1. The molecule has 0 radical (unpaired) electrons. The zero-order chi connectivity index (χ0) is 10.1. The topological polar surface area (TPSA) is 49.7 Å². The van der Waals surface area contributed by atoms with E-state index in [-0.39, 0.29) is 12.7 Å². The van der Waals surface area contributed by atoms with Gasteiger partial charge in [-0.3, -0.25) is 0 Å². The SMILES string of the molecule is OCC1C[C@H](O)c2cc(Cl)ccc2O1. The van der Waals surface area contributed by atoms with Crippen molar-refractivity contribution in [1.82, 2.24) is 0 Å². The Bertz CT molecular complexity index is 340. The summed E-state index contributed by atoms with van der Waals surface area (Å²) < 4.78 is 5.44. The number of hydrogen-bond donors (Lipinski definition) is 2. The predicted molar refractivity (Wildman–Crippen MR) is 52.5 cm³/mol. The first-order valence-electron chi connectivity index (χ1n) is 4.45. The molecule has 0 saturated carbocycles. The summed E-state index contributed by atoms with van der Waals surface area (Å²) in [7, 11) is 0. The molecule has 14 heavy (non-hydrogen) atoms. The van der Waals surface area contributed by atoms with Crippen LogP contribution in [-0.4, -0.2) is 22.9 Å². The van der Waals surface area contributed by atoms with E-state index in [0.717, 1.165) is 0 Å². The summed E-state index contributed by atoms with van der Waals surface area (Å²) >= 11 is 5.80. The maximum atomic E-state index is 9.74. The van der Waals surface area contributed by atoms with Gasteiger partial charge in [0.25, 0.3) is 0 Å². The highest BCUT2D eigenvalue weighted by atomic mass is 35.5. The van der Waals surface area contributed by atoms with Crippen LogP contribution >= 0.6 is 11.6 Å². The Morgan fingerprint density at radius 1 is 1.50 bits per heavy atom. The van der Waals surface area contributed by atoms with Gasteiger partial charge in [0.05, 0.1) is 12.7 Å². The van der Waals surface area contributed by atoms with Crippen molar-refractivity contribution in [2.24, 2.45) is 0 Å². The molecule has 1 aliphatic heterocycles. The molecule has 0 fully saturated rings. The maximum absolute atomic E-state index is 9.74. The van der Waals surface area contributed by atoms with Crippen LogP contribution in [0.15, 0.2) is 18.2 Å². The van der Waals surface area contributed by atoms with Gasteiger partial charge in [-0.15, -0.1) is 0 Å². The molecule has 0 aromatic heterocycles. The van der Waals surface area contributed by atoms with Gasteiger partial charge in [-0.25, -0.2) is 0 Å². The van der Waals surface area contributed by atoms with Crippen LogP contribution in [0, 0.1) is 0 Å². The van der Waals surface area contributed by atoms with Crippen LogP contribution in [0.4, 0.5) is 0 Å². The normalized spacial score (nSPS) is 25.4.